The standard InChI is InChI=1S/C25H28N4O4/c1-14-10-17-18(12-29(14)22(30)20-24(2,3)25(20,4)5)26-13-27-21(17)33-16-6-7-19-15(11-16)8-9-28(19)23(31)32/h6-9,11,13-14,20H,10,12H2,1-5H3,(H,31,32). The maximum atomic E-state index is 13.4. The molecule has 5 rings (SSSR count). The van der Waals surface area contributed by atoms with E-state index >= 15 is 0 Å². The minimum atomic E-state index is -1.03. The van der Waals surface area contributed by atoms with Crippen LogP contribution in [-0.2, 0) is 17.8 Å². The average molecular weight is 449 g/mol. The number of ether oxygens (including phenoxy) is 1. The van der Waals surface area contributed by atoms with Crippen LogP contribution in [0, 0.1) is 16.7 Å². The molecule has 0 radical (unpaired) electrons. The molecule has 8 heteroatoms. The van der Waals surface area contributed by atoms with Crippen molar-refractivity contribution in [3.05, 3.63) is 48.0 Å². The molecule has 33 heavy (non-hydrogen) atoms. The number of aromatic nitrogens is 3. The number of carbonyl (C=O) groups is 2. The van der Waals surface area contributed by atoms with Crippen molar-refractivity contribution < 1.29 is 19.4 Å². The van der Waals surface area contributed by atoms with Gasteiger partial charge in [0.25, 0.3) is 0 Å². The maximum absolute atomic E-state index is 13.4. The topological polar surface area (TPSA) is 97.6 Å². The second-order valence-corrected chi connectivity index (χ2v) is 10.3. The zero-order valence-electron chi connectivity index (χ0n) is 19.5. The van der Waals surface area contributed by atoms with E-state index in [-0.39, 0.29) is 28.7 Å². The van der Waals surface area contributed by atoms with E-state index in [1.807, 2.05) is 4.90 Å². The summed E-state index contributed by atoms with van der Waals surface area (Å²) in [6.45, 7) is 11.1. The first-order valence-electron chi connectivity index (χ1n) is 11.2. The third-order valence-corrected chi connectivity index (χ3v) is 7.98. The molecule has 1 saturated carbocycles. The van der Waals surface area contributed by atoms with Crippen molar-refractivity contribution in [3.8, 4) is 11.6 Å². The molecular weight excluding hydrogens is 420 g/mol. The first-order chi connectivity index (χ1) is 15.5. The summed E-state index contributed by atoms with van der Waals surface area (Å²) in [5.41, 5.74) is 2.28. The lowest BCUT2D eigenvalue weighted by atomic mass is 9.98. The van der Waals surface area contributed by atoms with Crippen molar-refractivity contribution in [2.45, 2.75) is 53.6 Å². The molecule has 1 unspecified atom stereocenters. The Kier molecular flexibility index (Phi) is 4.57. The molecule has 1 atom stereocenters. The molecule has 1 fully saturated rings. The van der Waals surface area contributed by atoms with Gasteiger partial charge in [0.05, 0.1) is 17.8 Å². The zero-order valence-corrected chi connectivity index (χ0v) is 19.5. The average Bonchev–Trinajstić information content (AvgIpc) is 3.03. The van der Waals surface area contributed by atoms with E-state index in [0.29, 0.717) is 30.1 Å². The molecule has 8 nitrogen and oxygen atoms in total. The fourth-order valence-corrected chi connectivity index (χ4v) is 5.32. The Balaban J connectivity index is 1.40. The van der Waals surface area contributed by atoms with Crippen LogP contribution in [0.1, 0.15) is 45.9 Å². The Labute approximate surface area is 192 Å². The van der Waals surface area contributed by atoms with Crippen LogP contribution in [0.25, 0.3) is 10.9 Å². The number of hydrogen-bond donors (Lipinski definition) is 1. The number of benzene rings is 1. The van der Waals surface area contributed by atoms with E-state index in [1.165, 1.54) is 17.1 Å². The van der Waals surface area contributed by atoms with E-state index < -0.39 is 6.09 Å². The quantitative estimate of drug-likeness (QED) is 0.623. The molecule has 3 aromatic rings. The third-order valence-electron chi connectivity index (χ3n) is 7.98. The maximum Gasteiger partial charge on any atom is 0.415 e. The number of fused-ring (bicyclic) bond motifs is 2. The van der Waals surface area contributed by atoms with Gasteiger partial charge < -0.3 is 14.7 Å². The number of amides is 1. The molecule has 1 aromatic carbocycles. The molecular formula is C25H28N4O4. The van der Waals surface area contributed by atoms with Crippen molar-refractivity contribution in [1.82, 2.24) is 19.4 Å². The van der Waals surface area contributed by atoms with Crippen molar-refractivity contribution >= 4 is 22.9 Å². The molecule has 3 heterocycles. The lowest BCUT2D eigenvalue weighted by Crippen LogP contribution is -2.44. The van der Waals surface area contributed by atoms with Crippen molar-refractivity contribution in [2.24, 2.45) is 16.7 Å². The lowest BCUT2D eigenvalue weighted by molar-refractivity contribution is -0.137. The van der Waals surface area contributed by atoms with Gasteiger partial charge in [-0.2, -0.15) is 0 Å². The largest absolute Gasteiger partial charge is 0.464 e. The van der Waals surface area contributed by atoms with Crippen LogP contribution in [0.15, 0.2) is 36.8 Å². The van der Waals surface area contributed by atoms with Gasteiger partial charge in [-0.05, 0) is 48.4 Å². The Morgan fingerprint density at radius 2 is 1.85 bits per heavy atom. The van der Waals surface area contributed by atoms with Gasteiger partial charge in [0.1, 0.15) is 12.1 Å². The summed E-state index contributed by atoms with van der Waals surface area (Å²) in [4.78, 5) is 35.5. The lowest BCUT2D eigenvalue weighted by Gasteiger charge is -2.35. The Bertz CT molecular complexity index is 1280. The SMILES string of the molecule is CC1Cc2c(ncnc2Oc2ccc3c(ccn3C(=O)O)c2)CN1C(=O)C1C(C)(C)C1(C)C. The van der Waals surface area contributed by atoms with Crippen molar-refractivity contribution in [3.63, 3.8) is 0 Å². The van der Waals surface area contributed by atoms with Gasteiger partial charge in [0, 0.05) is 29.1 Å². The predicted molar refractivity (Wildman–Crippen MR) is 122 cm³/mol. The highest BCUT2D eigenvalue weighted by molar-refractivity contribution is 5.89. The van der Waals surface area contributed by atoms with E-state index in [0.717, 1.165) is 16.6 Å². The van der Waals surface area contributed by atoms with Gasteiger partial charge in [-0.1, -0.05) is 27.7 Å². The van der Waals surface area contributed by atoms with Crippen LogP contribution in [-0.4, -0.2) is 42.6 Å². The molecule has 1 aliphatic heterocycles. The Morgan fingerprint density at radius 1 is 1.12 bits per heavy atom. The van der Waals surface area contributed by atoms with Crippen LogP contribution < -0.4 is 4.74 Å². The van der Waals surface area contributed by atoms with Gasteiger partial charge in [-0.15, -0.1) is 0 Å². The van der Waals surface area contributed by atoms with E-state index in [1.54, 1.807) is 24.3 Å². The Morgan fingerprint density at radius 3 is 2.52 bits per heavy atom. The second-order valence-electron chi connectivity index (χ2n) is 10.3. The molecule has 0 bridgehead atoms. The molecule has 1 aliphatic carbocycles. The highest BCUT2D eigenvalue weighted by Gasteiger charge is 2.69. The van der Waals surface area contributed by atoms with Gasteiger partial charge >= 0.3 is 6.09 Å². The number of carboxylic acid groups (broad SMARTS) is 1. The first kappa shape index (κ1) is 21.4. The van der Waals surface area contributed by atoms with E-state index in [4.69, 9.17) is 4.74 Å². The molecule has 1 N–H and O–H groups in total. The summed E-state index contributed by atoms with van der Waals surface area (Å²) in [6.07, 6.45) is 2.56. The molecule has 2 aromatic heterocycles. The van der Waals surface area contributed by atoms with Crippen LogP contribution >= 0.6 is 0 Å². The number of carbonyl (C=O) groups excluding carboxylic acids is 1. The summed E-state index contributed by atoms with van der Waals surface area (Å²) in [5, 5.41) is 10.0. The van der Waals surface area contributed by atoms with Crippen LogP contribution in [0.2, 0.25) is 0 Å². The smallest absolute Gasteiger partial charge is 0.415 e. The number of nitrogens with zero attached hydrogens (tertiary/aromatic N) is 4. The van der Waals surface area contributed by atoms with Gasteiger partial charge in [0.15, 0.2) is 0 Å². The van der Waals surface area contributed by atoms with Gasteiger partial charge in [-0.25, -0.2) is 14.8 Å². The fraction of sp³-hybridized carbons (Fsp3) is 0.440. The van der Waals surface area contributed by atoms with Gasteiger partial charge in [-0.3, -0.25) is 9.36 Å². The van der Waals surface area contributed by atoms with Crippen molar-refractivity contribution in [1.29, 1.82) is 0 Å². The molecule has 2 aliphatic rings. The number of rotatable bonds is 3. The van der Waals surface area contributed by atoms with Crippen molar-refractivity contribution in [2.75, 3.05) is 0 Å². The minimum absolute atomic E-state index is 0.0106. The zero-order chi connectivity index (χ0) is 23.7. The van der Waals surface area contributed by atoms with Crippen LogP contribution in [0.5, 0.6) is 11.6 Å². The van der Waals surface area contributed by atoms with Gasteiger partial charge in [0.2, 0.25) is 11.8 Å². The second kappa shape index (κ2) is 7.04. The molecule has 172 valence electrons. The Hall–Kier alpha value is -3.42. The highest BCUT2D eigenvalue weighted by Crippen LogP contribution is 2.69. The normalized spacial score (nSPS) is 21.0. The van der Waals surface area contributed by atoms with E-state index in [9.17, 15) is 14.7 Å². The molecule has 1 amide bonds. The van der Waals surface area contributed by atoms with Crippen LogP contribution in [0.4, 0.5) is 4.79 Å². The molecule has 0 spiro atoms. The summed E-state index contributed by atoms with van der Waals surface area (Å²) < 4.78 is 7.28. The molecule has 0 saturated heterocycles. The third kappa shape index (κ3) is 3.19. The summed E-state index contributed by atoms with van der Waals surface area (Å²) in [5.74, 6) is 1.25. The minimum Gasteiger partial charge on any atom is -0.464 e. The first-order valence-corrected chi connectivity index (χ1v) is 11.2. The predicted octanol–water partition coefficient (Wildman–Crippen LogP) is 4.71. The summed E-state index contributed by atoms with van der Waals surface area (Å²) in [7, 11) is 0. The van der Waals surface area contributed by atoms with E-state index in [2.05, 4.69) is 44.6 Å². The van der Waals surface area contributed by atoms with Crippen LogP contribution in [0.3, 0.4) is 0 Å². The fourth-order valence-electron chi connectivity index (χ4n) is 5.32. The monoisotopic (exact) mass is 448 g/mol. The summed E-state index contributed by atoms with van der Waals surface area (Å²) >= 11 is 0. The number of hydrogen-bond acceptors (Lipinski definition) is 5. The summed E-state index contributed by atoms with van der Waals surface area (Å²) in [6, 6.07) is 6.99. The highest BCUT2D eigenvalue weighted by atomic mass is 16.5.